The minimum atomic E-state index is -0.838. The Hall–Kier alpha value is -3.08. The summed E-state index contributed by atoms with van der Waals surface area (Å²) >= 11 is 0. The molecule has 8 nitrogen and oxygen atoms in total. The molecule has 0 bridgehead atoms. The fourth-order valence-corrected chi connectivity index (χ4v) is 1.53. The Kier molecular flexibility index (Phi) is 5.25. The molecule has 0 radical (unpaired) electrons. The smallest absolute Gasteiger partial charge is 0.352 e. The fourth-order valence-electron chi connectivity index (χ4n) is 1.53. The SMILES string of the molecule is CCOC(=O)/C(C#N)=C(/N)N(C)c1cccc([N+](=O)[O-])c1. The number of ether oxygens (including phenoxy) is 1. The Morgan fingerprint density at radius 2 is 2.24 bits per heavy atom. The maximum absolute atomic E-state index is 11.6. The van der Waals surface area contributed by atoms with Gasteiger partial charge in [0.15, 0.2) is 5.57 Å². The number of rotatable bonds is 5. The summed E-state index contributed by atoms with van der Waals surface area (Å²) < 4.78 is 4.73. The molecule has 0 heterocycles. The lowest BCUT2D eigenvalue weighted by molar-refractivity contribution is -0.384. The first-order valence-electron chi connectivity index (χ1n) is 5.97. The summed E-state index contributed by atoms with van der Waals surface area (Å²) in [6, 6.07) is 7.34. The fraction of sp³-hybridized carbons (Fsp3) is 0.231. The number of hydrogen-bond acceptors (Lipinski definition) is 7. The van der Waals surface area contributed by atoms with E-state index in [0.29, 0.717) is 5.69 Å². The Morgan fingerprint density at radius 3 is 2.76 bits per heavy atom. The number of nitro benzene ring substituents is 1. The van der Waals surface area contributed by atoms with Gasteiger partial charge in [0.2, 0.25) is 0 Å². The summed E-state index contributed by atoms with van der Waals surface area (Å²) in [5.41, 5.74) is 5.67. The van der Waals surface area contributed by atoms with Crippen molar-refractivity contribution in [3.05, 3.63) is 45.8 Å². The molecule has 1 aromatic rings. The van der Waals surface area contributed by atoms with Gasteiger partial charge in [-0.1, -0.05) is 6.07 Å². The van der Waals surface area contributed by atoms with E-state index in [0.717, 1.165) is 0 Å². The van der Waals surface area contributed by atoms with E-state index in [1.807, 2.05) is 0 Å². The van der Waals surface area contributed by atoms with Gasteiger partial charge in [0.05, 0.1) is 11.5 Å². The lowest BCUT2D eigenvalue weighted by Crippen LogP contribution is -2.27. The summed E-state index contributed by atoms with van der Waals surface area (Å²) in [5.74, 6) is -0.980. The monoisotopic (exact) mass is 290 g/mol. The second-order valence-corrected chi connectivity index (χ2v) is 3.93. The molecule has 0 aliphatic heterocycles. The minimum Gasteiger partial charge on any atom is -0.462 e. The number of esters is 1. The summed E-state index contributed by atoms with van der Waals surface area (Å²) in [6.45, 7) is 1.71. The van der Waals surface area contributed by atoms with Gasteiger partial charge in [-0.15, -0.1) is 0 Å². The largest absolute Gasteiger partial charge is 0.462 e. The van der Waals surface area contributed by atoms with Gasteiger partial charge in [-0.3, -0.25) is 10.1 Å². The van der Waals surface area contributed by atoms with Crippen LogP contribution in [0.2, 0.25) is 0 Å². The molecular formula is C13H14N4O4. The second kappa shape index (κ2) is 6.91. The average molecular weight is 290 g/mol. The van der Waals surface area contributed by atoms with Crippen molar-refractivity contribution in [1.82, 2.24) is 0 Å². The minimum absolute atomic E-state index is 0.109. The molecule has 8 heteroatoms. The van der Waals surface area contributed by atoms with Crippen LogP contribution in [0.15, 0.2) is 35.7 Å². The molecule has 21 heavy (non-hydrogen) atoms. The molecule has 110 valence electrons. The van der Waals surface area contributed by atoms with Gasteiger partial charge >= 0.3 is 5.97 Å². The van der Waals surface area contributed by atoms with Crippen LogP contribution in [0.25, 0.3) is 0 Å². The molecule has 0 atom stereocenters. The van der Waals surface area contributed by atoms with Crippen molar-refractivity contribution in [3.63, 3.8) is 0 Å². The number of hydrogen-bond donors (Lipinski definition) is 1. The number of carbonyl (C=O) groups is 1. The first kappa shape index (κ1) is 16.0. The van der Waals surface area contributed by atoms with Crippen LogP contribution in [-0.2, 0) is 9.53 Å². The molecule has 0 amide bonds. The van der Waals surface area contributed by atoms with Gasteiger partial charge in [-0.05, 0) is 13.0 Å². The van der Waals surface area contributed by atoms with Crippen LogP contribution in [0.3, 0.4) is 0 Å². The zero-order valence-corrected chi connectivity index (χ0v) is 11.6. The van der Waals surface area contributed by atoms with E-state index in [4.69, 9.17) is 15.7 Å². The summed E-state index contributed by atoms with van der Waals surface area (Å²) in [7, 11) is 1.49. The van der Waals surface area contributed by atoms with Crippen molar-refractivity contribution in [2.45, 2.75) is 6.92 Å². The Balaban J connectivity index is 3.19. The second-order valence-electron chi connectivity index (χ2n) is 3.93. The lowest BCUT2D eigenvalue weighted by Gasteiger charge is -2.20. The summed E-state index contributed by atoms with van der Waals surface area (Å²) in [6.07, 6.45) is 0. The summed E-state index contributed by atoms with van der Waals surface area (Å²) in [5, 5.41) is 19.8. The highest BCUT2D eigenvalue weighted by molar-refractivity contribution is 5.94. The maximum Gasteiger partial charge on any atom is 0.352 e. The average Bonchev–Trinajstić information content (AvgIpc) is 2.47. The highest BCUT2D eigenvalue weighted by atomic mass is 16.6. The van der Waals surface area contributed by atoms with Crippen LogP contribution < -0.4 is 10.6 Å². The maximum atomic E-state index is 11.6. The van der Waals surface area contributed by atoms with Gasteiger partial charge in [0.25, 0.3) is 5.69 Å². The van der Waals surface area contributed by atoms with Crippen LogP contribution in [0.4, 0.5) is 11.4 Å². The van der Waals surface area contributed by atoms with Gasteiger partial charge in [0.1, 0.15) is 11.9 Å². The van der Waals surface area contributed by atoms with Gasteiger partial charge in [0, 0.05) is 24.9 Å². The third-order valence-corrected chi connectivity index (χ3v) is 2.64. The van der Waals surface area contributed by atoms with E-state index in [1.165, 1.54) is 30.1 Å². The molecule has 0 aromatic heterocycles. The van der Waals surface area contributed by atoms with Crippen LogP contribution in [0, 0.1) is 21.4 Å². The normalized spacial score (nSPS) is 11.1. The zero-order chi connectivity index (χ0) is 16.0. The van der Waals surface area contributed by atoms with Crippen molar-refractivity contribution in [2.24, 2.45) is 5.73 Å². The standard InChI is InChI=1S/C13H14N4O4/c1-3-21-13(18)11(8-14)12(15)16(2)9-5-4-6-10(7-9)17(19)20/h4-7H,3,15H2,1-2H3/b12-11-. The first-order chi connectivity index (χ1) is 9.92. The molecule has 2 N–H and O–H groups in total. The number of nitrogens with zero attached hydrogens (tertiary/aromatic N) is 3. The van der Waals surface area contributed by atoms with Gasteiger partial charge < -0.3 is 15.4 Å². The van der Waals surface area contributed by atoms with E-state index in [-0.39, 0.29) is 23.7 Å². The third-order valence-electron chi connectivity index (χ3n) is 2.64. The zero-order valence-electron chi connectivity index (χ0n) is 11.6. The molecule has 0 saturated heterocycles. The Bertz CT molecular complexity index is 633. The molecule has 0 fully saturated rings. The van der Waals surface area contributed by atoms with Crippen molar-refractivity contribution in [1.29, 1.82) is 5.26 Å². The molecular weight excluding hydrogens is 276 g/mol. The number of nitro groups is 1. The summed E-state index contributed by atoms with van der Waals surface area (Å²) in [4.78, 5) is 23.1. The molecule has 0 aliphatic carbocycles. The quantitative estimate of drug-likeness (QED) is 0.285. The highest BCUT2D eigenvalue weighted by Gasteiger charge is 2.19. The van der Waals surface area contributed by atoms with E-state index >= 15 is 0 Å². The van der Waals surface area contributed by atoms with Crippen LogP contribution >= 0.6 is 0 Å². The van der Waals surface area contributed by atoms with E-state index in [2.05, 4.69) is 0 Å². The topological polar surface area (TPSA) is 122 Å². The van der Waals surface area contributed by atoms with E-state index in [1.54, 1.807) is 19.1 Å². The number of anilines is 1. The predicted octanol–water partition coefficient (Wildman–Crippen LogP) is 1.29. The van der Waals surface area contributed by atoms with Crippen LogP contribution in [0.1, 0.15) is 6.92 Å². The Morgan fingerprint density at radius 1 is 1.57 bits per heavy atom. The molecule has 1 rings (SSSR count). The number of nitrogens with two attached hydrogens (primary N) is 1. The van der Waals surface area contributed by atoms with Crippen molar-refractivity contribution < 1.29 is 14.5 Å². The van der Waals surface area contributed by atoms with Crippen molar-refractivity contribution in [2.75, 3.05) is 18.6 Å². The lowest BCUT2D eigenvalue weighted by atomic mass is 10.2. The number of benzene rings is 1. The molecule has 0 saturated carbocycles. The third kappa shape index (κ3) is 3.70. The Labute approximate surface area is 121 Å². The molecule has 0 unspecified atom stereocenters. The molecule has 0 aliphatic rings. The van der Waals surface area contributed by atoms with Gasteiger partial charge in [-0.2, -0.15) is 5.26 Å². The van der Waals surface area contributed by atoms with E-state index < -0.39 is 10.9 Å². The van der Waals surface area contributed by atoms with Crippen molar-refractivity contribution in [3.8, 4) is 6.07 Å². The molecule has 0 spiro atoms. The first-order valence-corrected chi connectivity index (χ1v) is 5.97. The number of non-ortho nitro benzene ring substituents is 1. The van der Waals surface area contributed by atoms with Crippen LogP contribution in [0.5, 0.6) is 0 Å². The number of nitriles is 1. The van der Waals surface area contributed by atoms with Crippen LogP contribution in [-0.4, -0.2) is 24.5 Å². The van der Waals surface area contributed by atoms with Crippen molar-refractivity contribution >= 4 is 17.3 Å². The highest BCUT2D eigenvalue weighted by Crippen LogP contribution is 2.22. The predicted molar refractivity (Wildman–Crippen MR) is 75.0 cm³/mol. The van der Waals surface area contributed by atoms with E-state index in [9.17, 15) is 14.9 Å². The number of carbonyl (C=O) groups excluding carboxylic acids is 1. The van der Waals surface area contributed by atoms with Gasteiger partial charge in [-0.25, -0.2) is 4.79 Å². The molecule has 1 aromatic carbocycles.